The molecule has 0 radical (unpaired) electrons. The lowest BCUT2D eigenvalue weighted by atomic mass is 10.00. The first-order chi connectivity index (χ1) is 19.2. The summed E-state index contributed by atoms with van der Waals surface area (Å²) in [5.41, 5.74) is 2.59. The van der Waals surface area contributed by atoms with Crippen molar-refractivity contribution in [3.05, 3.63) is 89.5 Å². The predicted octanol–water partition coefficient (Wildman–Crippen LogP) is 3.37. The van der Waals surface area contributed by atoms with Crippen LogP contribution in [0.25, 0.3) is 0 Å². The third-order valence-electron chi connectivity index (χ3n) is 6.52. The highest BCUT2D eigenvalue weighted by atomic mass is 32.2. The fourth-order valence-corrected chi connectivity index (χ4v) is 5.50. The average molecular weight is 570 g/mol. The average Bonchev–Trinajstić information content (AvgIpc) is 2.96. The van der Waals surface area contributed by atoms with Gasteiger partial charge in [-0.25, -0.2) is 8.42 Å². The van der Waals surface area contributed by atoms with Crippen LogP contribution in [-0.4, -0.2) is 65.1 Å². The van der Waals surface area contributed by atoms with Gasteiger partial charge in [-0.1, -0.05) is 43.3 Å². The maximum Gasteiger partial charge on any atom is 0.251 e. The first-order valence-corrected chi connectivity index (χ1v) is 14.8. The van der Waals surface area contributed by atoms with Crippen LogP contribution in [0.1, 0.15) is 34.8 Å². The minimum absolute atomic E-state index is 0.0147. The van der Waals surface area contributed by atoms with Crippen molar-refractivity contribution >= 4 is 21.6 Å². The number of carbonyl (C=O) groups excluding carboxylic acids is 1. The summed E-state index contributed by atoms with van der Waals surface area (Å²) in [6, 6.07) is 21.0. The number of amides is 1. The Morgan fingerprint density at radius 1 is 0.950 bits per heavy atom. The number of aliphatic hydroxyl groups is 1. The Bertz CT molecular complexity index is 1330. The van der Waals surface area contributed by atoms with Crippen molar-refractivity contribution in [1.82, 2.24) is 10.6 Å². The molecule has 3 aromatic carbocycles. The quantitative estimate of drug-likeness (QED) is 0.257. The second-order valence-electron chi connectivity index (χ2n) is 9.52. The van der Waals surface area contributed by atoms with Gasteiger partial charge in [0.25, 0.3) is 5.91 Å². The van der Waals surface area contributed by atoms with E-state index in [-0.39, 0.29) is 12.3 Å². The third-order valence-corrected chi connectivity index (χ3v) is 8.49. The van der Waals surface area contributed by atoms with E-state index in [0.29, 0.717) is 42.1 Å². The molecule has 40 heavy (non-hydrogen) atoms. The van der Waals surface area contributed by atoms with Crippen LogP contribution in [0.3, 0.4) is 0 Å². The van der Waals surface area contributed by atoms with Crippen molar-refractivity contribution in [2.24, 2.45) is 0 Å². The van der Waals surface area contributed by atoms with Crippen LogP contribution in [0.2, 0.25) is 0 Å². The van der Waals surface area contributed by atoms with Gasteiger partial charge in [-0.15, -0.1) is 0 Å². The molecule has 0 aliphatic rings. The lowest BCUT2D eigenvalue weighted by Crippen LogP contribution is -2.48. The number of methoxy groups -OCH3 is 2. The molecule has 0 aliphatic carbocycles. The van der Waals surface area contributed by atoms with E-state index in [1.54, 1.807) is 51.5 Å². The maximum atomic E-state index is 13.3. The van der Waals surface area contributed by atoms with Crippen molar-refractivity contribution in [3.8, 4) is 11.5 Å². The summed E-state index contributed by atoms with van der Waals surface area (Å²) in [7, 11) is 1.17. The Morgan fingerprint density at radius 2 is 1.62 bits per heavy atom. The number of anilines is 1. The van der Waals surface area contributed by atoms with Crippen LogP contribution in [0.5, 0.6) is 11.5 Å². The standard InChI is InChI=1S/C30H39N3O6S/c1-5-14-40(36,37)33(2)25-13-9-12-24(18-25)30(35)32-28(17-22-10-7-6-8-11-22)29(34)21-31-20-23-15-26(38-3)19-27(16-23)39-4/h6-13,15-16,18-19,28-29,31,34H,5,14,17,20-21H2,1-4H3,(H,32,35)/t28-,29+/m0/s1. The zero-order valence-corrected chi connectivity index (χ0v) is 24.3. The van der Waals surface area contributed by atoms with E-state index < -0.39 is 28.1 Å². The van der Waals surface area contributed by atoms with Gasteiger partial charge in [0, 0.05) is 31.8 Å². The van der Waals surface area contributed by atoms with E-state index >= 15 is 0 Å². The molecule has 0 spiro atoms. The minimum Gasteiger partial charge on any atom is -0.497 e. The highest BCUT2D eigenvalue weighted by Gasteiger charge is 2.24. The number of benzene rings is 3. The van der Waals surface area contributed by atoms with Gasteiger partial charge in [0.15, 0.2) is 0 Å². The Kier molecular flexibility index (Phi) is 11.4. The van der Waals surface area contributed by atoms with Crippen molar-refractivity contribution < 1.29 is 27.8 Å². The van der Waals surface area contributed by atoms with Crippen LogP contribution >= 0.6 is 0 Å². The van der Waals surface area contributed by atoms with Crippen LogP contribution in [0.4, 0.5) is 5.69 Å². The molecule has 0 bridgehead atoms. The smallest absolute Gasteiger partial charge is 0.251 e. The van der Waals surface area contributed by atoms with Gasteiger partial charge in [-0.05, 0) is 54.3 Å². The van der Waals surface area contributed by atoms with Gasteiger partial charge in [-0.2, -0.15) is 0 Å². The normalized spacial score (nSPS) is 12.8. The summed E-state index contributed by atoms with van der Waals surface area (Å²) in [5, 5.41) is 17.4. The highest BCUT2D eigenvalue weighted by molar-refractivity contribution is 7.92. The van der Waals surface area contributed by atoms with Gasteiger partial charge >= 0.3 is 0 Å². The number of carbonyl (C=O) groups is 1. The zero-order chi connectivity index (χ0) is 29.1. The Labute approximate surface area is 237 Å². The predicted molar refractivity (Wildman–Crippen MR) is 158 cm³/mol. The Hall–Kier alpha value is -3.60. The maximum absolute atomic E-state index is 13.3. The first-order valence-electron chi connectivity index (χ1n) is 13.2. The Balaban J connectivity index is 1.73. The molecule has 0 saturated heterocycles. The van der Waals surface area contributed by atoms with Gasteiger partial charge in [-0.3, -0.25) is 9.10 Å². The molecule has 0 fully saturated rings. The van der Waals surface area contributed by atoms with E-state index in [4.69, 9.17) is 9.47 Å². The number of aliphatic hydroxyl groups excluding tert-OH is 1. The fraction of sp³-hybridized carbons (Fsp3) is 0.367. The van der Waals surface area contributed by atoms with Crippen LogP contribution in [0.15, 0.2) is 72.8 Å². The minimum atomic E-state index is -3.49. The summed E-state index contributed by atoms with van der Waals surface area (Å²) in [6.07, 6.45) is -0.00880. The van der Waals surface area contributed by atoms with E-state index in [2.05, 4.69) is 10.6 Å². The SMILES string of the molecule is CCCS(=O)(=O)N(C)c1cccc(C(=O)N[C@@H](Cc2ccccc2)[C@H](O)CNCc2cc(OC)cc(OC)c2)c1. The number of nitrogens with one attached hydrogen (secondary N) is 2. The molecule has 0 aromatic heterocycles. The van der Waals surface area contributed by atoms with E-state index in [0.717, 1.165) is 11.1 Å². The van der Waals surface area contributed by atoms with Gasteiger partial charge in [0.05, 0.1) is 37.8 Å². The summed E-state index contributed by atoms with van der Waals surface area (Å²) >= 11 is 0. The molecule has 3 N–H and O–H groups in total. The third kappa shape index (κ3) is 8.70. The molecule has 216 valence electrons. The van der Waals surface area contributed by atoms with Crippen LogP contribution < -0.4 is 24.4 Å². The molecular formula is C30H39N3O6S. The van der Waals surface area contributed by atoms with E-state index in [9.17, 15) is 18.3 Å². The van der Waals surface area contributed by atoms with Gasteiger partial charge in [0.2, 0.25) is 10.0 Å². The summed E-state index contributed by atoms with van der Waals surface area (Å²) in [6.45, 7) is 2.47. The number of nitrogens with zero attached hydrogens (tertiary/aromatic N) is 1. The van der Waals surface area contributed by atoms with Crippen molar-refractivity contribution in [2.45, 2.75) is 38.5 Å². The summed E-state index contributed by atoms with van der Waals surface area (Å²) in [5.74, 6) is 0.948. The largest absolute Gasteiger partial charge is 0.497 e. The fourth-order valence-electron chi connectivity index (χ4n) is 4.28. The molecule has 10 heteroatoms. The van der Waals surface area contributed by atoms with Crippen molar-refractivity contribution in [2.75, 3.05) is 37.9 Å². The zero-order valence-electron chi connectivity index (χ0n) is 23.5. The second-order valence-corrected chi connectivity index (χ2v) is 11.6. The summed E-state index contributed by atoms with van der Waals surface area (Å²) in [4.78, 5) is 13.3. The molecule has 1 amide bonds. The highest BCUT2D eigenvalue weighted by Crippen LogP contribution is 2.22. The molecule has 0 aliphatic heterocycles. The first kappa shape index (κ1) is 30.9. The van der Waals surface area contributed by atoms with Crippen molar-refractivity contribution in [3.63, 3.8) is 0 Å². The number of rotatable bonds is 15. The van der Waals surface area contributed by atoms with Gasteiger partial charge < -0.3 is 25.2 Å². The topological polar surface area (TPSA) is 117 Å². The monoisotopic (exact) mass is 569 g/mol. The van der Waals surface area contributed by atoms with Gasteiger partial charge in [0.1, 0.15) is 11.5 Å². The molecule has 0 unspecified atom stereocenters. The molecule has 3 rings (SSSR count). The lowest BCUT2D eigenvalue weighted by Gasteiger charge is -2.25. The van der Waals surface area contributed by atoms with Crippen LogP contribution in [-0.2, 0) is 23.0 Å². The van der Waals surface area contributed by atoms with Crippen LogP contribution in [0, 0.1) is 0 Å². The lowest BCUT2D eigenvalue weighted by molar-refractivity contribution is 0.0830. The molecular weight excluding hydrogens is 530 g/mol. The number of hydrogen-bond donors (Lipinski definition) is 3. The second kappa shape index (κ2) is 14.7. The summed E-state index contributed by atoms with van der Waals surface area (Å²) < 4.78 is 36.9. The van der Waals surface area contributed by atoms with Crippen molar-refractivity contribution in [1.29, 1.82) is 0 Å². The Morgan fingerprint density at radius 3 is 2.25 bits per heavy atom. The number of ether oxygens (including phenoxy) is 2. The molecule has 0 heterocycles. The van der Waals surface area contributed by atoms with E-state index in [1.807, 2.05) is 42.5 Å². The molecule has 2 atom stereocenters. The molecule has 0 saturated carbocycles. The molecule has 9 nitrogen and oxygen atoms in total. The van der Waals surface area contributed by atoms with E-state index in [1.165, 1.54) is 11.4 Å². The molecule has 3 aromatic rings. The number of sulfonamides is 1. The number of hydrogen-bond acceptors (Lipinski definition) is 7.